The van der Waals surface area contributed by atoms with Gasteiger partial charge in [0.15, 0.2) is 5.17 Å². The van der Waals surface area contributed by atoms with Gasteiger partial charge < -0.3 is 5.32 Å². The molecule has 0 bridgehead atoms. The van der Waals surface area contributed by atoms with Crippen molar-refractivity contribution >= 4 is 28.5 Å². The summed E-state index contributed by atoms with van der Waals surface area (Å²) in [6, 6.07) is 18.1. The molecule has 5 heteroatoms. The van der Waals surface area contributed by atoms with E-state index < -0.39 is 0 Å². The van der Waals surface area contributed by atoms with Crippen LogP contribution in [0.2, 0.25) is 0 Å². The van der Waals surface area contributed by atoms with E-state index in [-0.39, 0.29) is 11.2 Å². The summed E-state index contributed by atoms with van der Waals surface area (Å²) in [7, 11) is 0. The number of nitrogens with one attached hydrogen (secondary N) is 1. The maximum absolute atomic E-state index is 12.1. The number of nitrogens with zero attached hydrogens (tertiary/aromatic N) is 2. The molecule has 3 rings (SSSR count). The molecule has 0 aromatic heterocycles. The van der Waals surface area contributed by atoms with Crippen LogP contribution in [0.25, 0.3) is 0 Å². The van der Waals surface area contributed by atoms with Crippen molar-refractivity contribution in [3.63, 3.8) is 0 Å². The van der Waals surface area contributed by atoms with Gasteiger partial charge in [-0.25, -0.2) is 0 Å². The molecule has 24 heavy (non-hydrogen) atoms. The molecule has 1 aliphatic rings. The highest BCUT2D eigenvalue weighted by molar-refractivity contribution is 8.15. The van der Waals surface area contributed by atoms with Crippen LogP contribution >= 0.6 is 11.8 Å². The highest BCUT2D eigenvalue weighted by Gasteiger charge is 2.30. The van der Waals surface area contributed by atoms with Crippen molar-refractivity contribution in [1.82, 2.24) is 5.32 Å². The first-order chi connectivity index (χ1) is 11.6. The molecule has 0 spiro atoms. The van der Waals surface area contributed by atoms with E-state index in [1.54, 1.807) is 0 Å². The predicted molar refractivity (Wildman–Crippen MR) is 100 cm³/mol. The molecule has 1 N–H and O–H groups in total. The molecular formula is C19H19N3OS. The summed E-state index contributed by atoms with van der Waals surface area (Å²) in [6.45, 7) is 3.96. The molecule has 1 saturated heterocycles. The Kier molecular flexibility index (Phi) is 5.11. The number of amides is 1. The monoisotopic (exact) mass is 337 g/mol. The number of aryl methyl sites for hydroxylation is 1. The van der Waals surface area contributed by atoms with Crippen molar-refractivity contribution in [3.05, 3.63) is 71.3 Å². The van der Waals surface area contributed by atoms with E-state index in [2.05, 4.69) is 15.5 Å². The van der Waals surface area contributed by atoms with Crippen LogP contribution in [0.15, 0.2) is 64.8 Å². The normalized spacial score (nSPS) is 19.6. The van der Waals surface area contributed by atoms with Crippen molar-refractivity contribution in [3.8, 4) is 0 Å². The molecule has 0 saturated carbocycles. The number of thioether (sulfide) groups is 1. The van der Waals surface area contributed by atoms with E-state index in [0.717, 1.165) is 16.8 Å². The molecule has 2 aromatic carbocycles. The van der Waals surface area contributed by atoms with E-state index in [9.17, 15) is 4.79 Å². The Labute approximate surface area is 146 Å². The number of carbonyl (C=O) groups is 1. The van der Waals surface area contributed by atoms with Gasteiger partial charge in [0, 0.05) is 0 Å². The summed E-state index contributed by atoms with van der Waals surface area (Å²) in [4.78, 5) is 12.1. The van der Waals surface area contributed by atoms with E-state index in [1.807, 2.05) is 68.4 Å². The summed E-state index contributed by atoms with van der Waals surface area (Å²) >= 11 is 1.44. The van der Waals surface area contributed by atoms with Crippen molar-refractivity contribution < 1.29 is 4.79 Å². The van der Waals surface area contributed by atoms with Gasteiger partial charge in [0.05, 0.1) is 11.0 Å². The number of hydrogen-bond donors (Lipinski definition) is 1. The second kappa shape index (κ2) is 7.45. The van der Waals surface area contributed by atoms with Crippen LogP contribution in [0, 0.1) is 6.92 Å². The zero-order valence-corrected chi connectivity index (χ0v) is 14.5. The fourth-order valence-corrected chi connectivity index (χ4v) is 3.35. The smallest absolute Gasteiger partial charge is 0.239 e. The molecule has 0 aliphatic carbocycles. The van der Waals surface area contributed by atoms with Gasteiger partial charge >= 0.3 is 0 Å². The van der Waals surface area contributed by atoms with Gasteiger partial charge in [-0.3, -0.25) is 4.79 Å². The third-order valence-corrected chi connectivity index (χ3v) is 4.87. The first kappa shape index (κ1) is 16.5. The average Bonchev–Trinajstić information content (AvgIpc) is 2.94. The summed E-state index contributed by atoms with van der Waals surface area (Å²) in [5, 5.41) is 11.7. The summed E-state index contributed by atoms with van der Waals surface area (Å²) in [6.07, 6.45) is 0.691. The van der Waals surface area contributed by atoms with E-state index in [0.29, 0.717) is 11.6 Å². The molecule has 0 unspecified atom stereocenters. The zero-order valence-electron chi connectivity index (χ0n) is 13.7. The zero-order chi connectivity index (χ0) is 16.9. The molecule has 4 nitrogen and oxygen atoms in total. The lowest BCUT2D eigenvalue weighted by atomic mass is 10.1. The van der Waals surface area contributed by atoms with Crippen LogP contribution in [-0.4, -0.2) is 22.0 Å². The minimum atomic E-state index is -0.152. The Morgan fingerprint density at radius 3 is 2.54 bits per heavy atom. The van der Waals surface area contributed by atoms with Crippen LogP contribution in [0.1, 0.15) is 23.6 Å². The van der Waals surface area contributed by atoms with Crippen molar-refractivity contribution in [1.29, 1.82) is 0 Å². The maximum Gasteiger partial charge on any atom is 0.239 e. The SMILES string of the molecule is C/C(=N\N=C1/NC(=O)[C@@H](Cc2ccccc2)S1)c1ccc(C)cc1. The second-order valence-electron chi connectivity index (χ2n) is 5.74. The molecule has 1 fully saturated rings. The first-order valence-electron chi connectivity index (χ1n) is 7.82. The molecule has 1 aliphatic heterocycles. The van der Waals surface area contributed by atoms with Gasteiger partial charge in [-0.05, 0) is 31.4 Å². The van der Waals surface area contributed by atoms with Crippen molar-refractivity contribution in [2.45, 2.75) is 25.5 Å². The van der Waals surface area contributed by atoms with Gasteiger partial charge in [-0.2, -0.15) is 5.10 Å². The second-order valence-corrected chi connectivity index (χ2v) is 6.93. The molecule has 122 valence electrons. The van der Waals surface area contributed by atoms with Gasteiger partial charge in [0.1, 0.15) is 0 Å². The third-order valence-electron chi connectivity index (χ3n) is 3.80. The number of carbonyl (C=O) groups excluding carboxylic acids is 1. The minimum absolute atomic E-state index is 0.00853. The Morgan fingerprint density at radius 1 is 1.12 bits per heavy atom. The largest absolute Gasteiger partial charge is 0.303 e. The molecule has 1 amide bonds. The first-order valence-corrected chi connectivity index (χ1v) is 8.70. The maximum atomic E-state index is 12.1. The number of benzene rings is 2. The number of amidine groups is 1. The Morgan fingerprint density at radius 2 is 1.83 bits per heavy atom. The Hall–Kier alpha value is -2.40. The van der Waals surface area contributed by atoms with Crippen LogP contribution in [0.5, 0.6) is 0 Å². The summed E-state index contributed by atoms with van der Waals surface area (Å²) in [5.74, 6) is -0.00853. The van der Waals surface area contributed by atoms with E-state index >= 15 is 0 Å². The Bertz CT molecular complexity index is 782. The van der Waals surface area contributed by atoms with Crippen molar-refractivity contribution in [2.75, 3.05) is 0 Å². The van der Waals surface area contributed by atoms with Crippen LogP contribution in [0.3, 0.4) is 0 Å². The number of hydrogen-bond acceptors (Lipinski definition) is 4. The van der Waals surface area contributed by atoms with Crippen LogP contribution < -0.4 is 5.32 Å². The van der Waals surface area contributed by atoms with E-state index in [4.69, 9.17) is 0 Å². The summed E-state index contributed by atoms with van der Waals surface area (Å²) in [5.41, 5.74) is 4.20. The lowest BCUT2D eigenvalue weighted by molar-refractivity contribution is -0.118. The van der Waals surface area contributed by atoms with Gasteiger partial charge in [-0.15, -0.1) is 5.10 Å². The molecule has 1 heterocycles. The predicted octanol–water partition coefficient (Wildman–Crippen LogP) is 3.55. The topological polar surface area (TPSA) is 53.8 Å². The quantitative estimate of drug-likeness (QED) is 0.685. The molecule has 2 aromatic rings. The highest BCUT2D eigenvalue weighted by atomic mass is 32.2. The van der Waals surface area contributed by atoms with Crippen molar-refractivity contribution in [2.24, 2.45) is 10.2 Å². The molecule has 0 radical (unpaired) electrons. The number of rotatable bonds is 4. The van der Waals surface area contributed by atoms with E-state index in [1.165, 1.54) is 17.3 Å². The average molecular weight is 337 g/mol. The lowest BCUT2D eigenvalue weighted by Crippen LogP contribution is -2.25. The fourth-order valence-electron chi connectivity index (χ4n) is 2.39. The van der Waals surface area contributed by atoms with Gasteiger partial charge in [0.25, 0.3) is 0 Å². The standard InChI is InChI=1S/C19H19N3OS/c1-13-8-10-16(11-9-13)14(2)21-22-19-20-18(23)17(24-19)12-15-6-4-3-5-7-15/h3-11,17H,12H2,1-2H3,(H,20,22,23)/b21-14+/t17-/m1/s1. The Balaban J connectivity index is 1.67. The fraction of sp³-hybridized carbons (Fsp3) is 0.211. The van der Waals surface area contributed by atoms with Gasteiger partial charge in [0.2, 0.25) is 5.91 Å². The third kappa shape index (κ3) is 4.11. The summed E-state index contributed by atoms with van der Waals surface area (Å²) < 4.78 is 0. The molecular weight excluding hydrogens is 318 g/mol. The van der Waals surface area contributed by atoms with Crippen LogP contribution in [0.4, 0.5) is 0 Å². The lowest BCUT2D eigenvalue weighted by Gasteiger charge is -2.04. The van der Waals surface area contributed by atoms with Gasteiger partial charge in [-0.1, -0.05) is 71.9 Å². The van der Waals surface area contributed by atoms with Crippen LogP contribution in [-0.2, 0) is 11.2 Å². The molecule has 1 atom stereocenters. The minimum Gasteiger partial charge on any atom is -0.303 e. The highest BCUT2D eigenvalue weighted by Crippen LogP contribution is 2.23.